The summed E-state index contributed by atoms with van der Waals surface area (Å²) in [7, 11) is 0. The van der Waals surface area contributed by atoms with Crippen LogP contribution >= 0.6 is 0 Å². The lowest BCUT2D eigenvalue weighted by molar-refractivity contribution is -0.169. The molecule has 2 atom stereocenters. The van der Waals surface area contributed by atoms with E-state index < -0.39 is 5.41 Å². The van der Waals surface area contributed by atoms with Gasteiger partial charge in [-0.2, -0.15) is 0 Å². The summed E-state index contributed by atoms with van der Waals surface area (Å²) in [4.78, 5) is 12.6. The van der Waals surface area contributed by atoms with Gasteiger partial charge in [0.2, 0.25) is 0 Å². The number of ether oxygens (including phenoxy) is 1. The molecule has 0 rings (SSSR count). The first-order chi connectivity index (χ1) is 8.10. The monoisotopic (exact) mass is 256 g/mol. The van der Waals surface area contributed by atoms with E-state index in [-0.39, 0.29) is 17.5 Å². The third-order valence-corrected chi connectivity index (χ3v) is 4.53. The van der Waals surface area contributed by atoms with E-state index in [9.17, 15) is 4.79 Å². The summed E-state index contributed by atoms with van der Waals surface area (Å²) in [5, 5.41) is 0. The van der Waals surface area contributed by atoms with Gasteiger partial charge in [-0.25, -0.2) is 0 Å². The maximum atomic E-state index is 12.6. The standard InChI is InChI=1S/C16H32O2/c1-9-13(5)18-14(17)16(8,11-12(3)4)15(6,7)10-2/h12-13H,9-11H2,1-8H3. The second kappa shape index (κ2) is 6.58. The predicted octanol–water partition coefficient (Wildman–Crippen LogP) is 4.82. The molecule has 0 radical (unpaired) electrons. The number of carbonyl (C=O) groups excluding carboxylic acids is 1. The van der Waals surface area contributed by atoms with E-state index >= 15 is 0 Å². The van der Waals surface area contributed by atoms with Crippen molar-refractivity contribution in [3.63, 3.8) is 0 Å². The molecule has 108 valence electrons. The normalized spacial score (nSPS) is 17.4. The highest BCUT2D eigenvalue weighted by atomic mass is 16.5. The molecule has 0 fully saturated rings. The Bertz CT molecular complexity index is 268. The van der Waals surface area contributed by atoms with Crippen molar-refractivity contribution in [2.45, 2.75) is 80.8 Å². The van der Waals surface area contributed by atoms with Crippen LogP contribution in [0, 0.1) is 16.7 Å². The molecule has 2 unspecified atom stereocenters. The smallest absolute Gasteiger partial charge is 0.312 e. The molecule has 0 amide bonds. The molecular formula is C16H32O2. The fraction of sp³-hybridized carbons (Fsp3) is 0.938. The summed E-state index contributed by atoms with van der Waals surface area (Å²) in [6, 6.07) is 0. The third kappa shape index (κ3) is 4.00. The minimum Gasteiger partial charge on any atom is -0.462 e. The second-order valence-electron chi connectivity index (χ2n) is 6.79. The Morgan fingerprint density at radius 2 is 1.61 bits per heavy atom. The molecule has 0 aromatic carbocycles. The lowest BCUT2D eigenvalue weighted by atomic mass is 9.61. The van der Waals surface area contributed by atoms with E-state index in [1.807, 2.05) is 13.8 Å². The molecule has 0 aliphatic rings. The van der Waals surface area contributed by atoms with E-state index in [1.165, 1.54) is 0 Å². The van der Waals surface area contributed by atoms with Crippen LogP contribution in [0.4, 0.5) is 0 Å². The van der Waals surface area contributed by atoms with Gasteiger partial charge in [0.25, 0.3) is 0 Å². The second-order valence-corrected chi connectivity index (χ2v) is 6.79. The maximum absolute atomic E-state index is 12.6. The zero-order chi connectivity index (χ0) is 14.6. The van der Waals surface area contributed by atoms with E-state index in [0.717, 1.165) is 19.3 Å². The van der Waals surface area contributed by atoms with Gasteiger partial charge in [0.1, 0.15) is 0 Å². The van der Waals surface area contributed by atoms with Crippen LogP contribution in [0.1, 0.15) is 74.7 Å². The largest absolute Gasteiger partial charge is 0.462 e. The van der Waals surface area contributed by atoms with Gasteiger partial charge in [0, 0.05) is 0 Å². The molecule has 0 spiro atoms. The lowest BCUT2D eigenvalue weighted by Crippen LogP contribution is -2.45. The van der Waals surface area contributed by atoms with Crippen molar-refractivity contribution in [2.75, 3.05) is 0 Å². The van der Waals surface area contributed by atoms with Gasteiger partial charge in [-0.1, -0.05) is 41.5 Å². The van der Waals surface area contributed by atoms with E-state index in [0.29, 0.717) is 5.92 Å². The lowest BCUT2D eigenvalue weighted by Gasteiger charge is -2.43. The highest BCUT2D eigenvalue weighted by Crippen LogP contribution is 2.47. The Hall–Kier alpha value is -0.530. The van der Waals surface area contributed by atoms with Crippen LogP contribution in [-0.2, 0) is 9.53 Å². The molecule has 0 aliphatic heterocycles. The average Bonchev–Trinajstić information content (AvgIpc) is 2.27. The molecular weight excluding hydrogens is 224 g/mol. The first-order valence-electron chi connectivity index (χ1n) is 7.31. The highest BCUT2D eigenvalue weighted by molar-refractivity contribution is 5.77. The van der Waals surface area contributed by atoms with Gasteiger partial charge in [-0.15, -0.1) is 0 Å². The summed E-state index contributed by atoms with van der Waals surface area (Å²) < 4.78 is 5.61. The summed E-state index contributed by atoms with van der Waals surface area (Å²) in [5.74, 6) is 0.461. The summed E-state index contributed by atoms with van der Waals surface area (Å²) >= 11 is 0. The van der Waals surface area contributed by atoms with Crippen LogP contribution in [-0.4, -0.2) is 12.1 Å². The SMILES string of the molecule is CCC(C)OC(=O)C(C)(CC(C)C)C(C)(C)CC. The topological polar surface area (TPSA) is 26.3 Å². The van der Waals surface area contributed by atoms with Crippen molar-refractivity contribution in [3.05, 3.63) is 0 Å². The minimum absolute atomic E-state index is 0.0108. The Kier molecular flexibility index (Phi) is 6.39. The van der Waals surface area contributed by atoms with Crippen molar-refractivity contribution in [1.29, 1.82) is 0 Å². The summed E-state index contributed by atoms with van der Waals surface area (Å²) in [5.41, 5.74) is -0.443. The summed E-state index contributed by atoms with van der Waals surface area (Å²) in [6.45, 7) is 16.9. The minimum atomic E-state index is -0.403. The number of carbonyl (C=O) groups is 1. The Morgan fingerprint density at radius 1 is 1.11 bits per heavy atom. The molecule has 0 N–H and O–H groups in total. The molecule has 0 saturated heterocycles. The Balaban J connectivity index is 5.15. The quantitative estimate of drug-likeness (QED) is 0.611. The van der Waals surface area contributed by atoms with Crippen LogP contribution in [0.25, 0.3) is 0 Å². The van der Waals surface area contributed by atoms with Crippen molar-refractivity contribution in [2.24, 2.45) is 16.7 Å². The number of esters is 1. The molecule has 0 aromatic heterocycles. The van der Waals surface area contributed by atoms with Crippen molar-refractivity contribution >= 4 is 5.97 Å². The van der Waals surface area contributed by atoms with Gasteiger partial charge < -0.3 is 4.74 Å². The van der Waals surface area contributed by atoms with Gasteiger partial charge >= 0.3 is 5.97 Å². The molecule has 0 aromatic rings. The van der Waals surface area contributed by atoms with Gasteiger partial charge in [-0.3, -0.25) is 4.79 Å². The van der Waals surface area contributed by atoms with Crippen LogP contribution < -0.4 is 0 Å². The molecule has 0 bridgehead atoms. The zero-order valence-corrected chi connectivity index (χ0v) is 13.6. The van der Waals surface area contributed by atoms with Crippen LogP contribution in [0.5, 0.6) is 0 Å². The Labute approximate surface area is 113 Å². The van der Waals surface area contributed by atoms with Crippen LogP contribution in [0.2, 0.25) is 0 Å². The first kappa shape index (κ1) is 17.5. The fourth-order valence-electron chi connectivity index (χ4n) is 2.24. The number of rotatable bonds is 7. The van der Waals surface area contributed by atoms with Crippen molar-refractivity contribution in [3.8, 4) is 0 Å². The molecule has 18 heavy (non-hydrogen) atoms. The van der Waals surface area contributed by atoms with Gasteiger partial charge in [-0.05, 0) is 44.4 Å². The molecule has 2 nitrogen and oxygen atoms in total. The van der Waals surface area contributed by atoms with Crippen molar-refractivity contribution < 1.29 is 9.53 Å². The maximum Gasteiger partial charge on any atom is 0.312 e. The van der Waals surface area contributed by atoms with E-state index in [4.69, 9.17) is 4.74 Å². The van der Waals surface area contributed by atoms with Crippen LogP contribution in [0.15, 0.2) is 0 Å². The average molecular weight is 256 g/mol. The zero-order valence-electron chi connectivity index (χ0n) is 13.6. The molecule has 0 aliphatic carbocycles. The molecule has 0 heterocycles. The molecule has 0 saturated carbocycles. The molecule has 2 heteroatoms. The summed E-state index contributed by atoms with van der Waals surface area (Å²) in [6.07, 6.45) is 2.74. The third-order valence-electron chi connectivity index (χ3n) is 4.53. The Morgan fingerprint density at radius 3 is 1.94 bits per heavy atom. The van der Waals surface area contributed by atoms with E-state index in [1.54, 1.807) is 0 Å². The fourth-order valence-corrected chi connectivity index (χ4v) is 2.24. The van der Waals surface area contributed by atoms with E-state index in [2.05, 4.69) is 41.5 Å². The number of hydrogen-bond donors (Lipinski definition) is 0. The number of hydrogen-bond acceptors (Lipinski definition) is 2. The van der Waals surface area contributed by atoms with Crippen molar-refractivity contribution in [1.82, 2.24) is 0 Å². The predicted molar refractivity (Wildman–Crippen MR) is 77.5 cm³/mol. The van der Waals surface area contributed by atoms with Crippen LogP contribution in [0.3, 0.4) is 0 Å². The van der Waals surface area contributed by atoms with Gasteiger partial charge in [0.15, 0.2) is 0 Å². The van der Waals surface area contributed by atoms with Gasteiger partial charge in [0.05, 0.1) is 11.5 Å². The highest BCUT2D eigenvalue weighted by Gasteiger charge is 2.47. The first-order valence-corrected chi connectivity index (χ1v) is 7.31.